The van der Waals surface area contributed by atoms with Gasteiger partial charge in [0, 0.05) is 50.8 Å². The van der Waals surface area contributed by atoms with Crippen LogP contribution in [-0.4, -0.2) is 124 Å². The molecule has 20 heteroatoms. The van der Waals surface area contributed by atoms with E-state index >= 15 is 0 Å². The summed E-state index contributed by atoms with van der Waals surface area (Å²) in [5.41, 5.74) is 4.45. The highest BCUT2D eigenvalue weighted by Gasteiger charge is 2.20. The molecule has 0 radical (unpaired) electrons. The molecule has 0 amide bonds. The number of piperidine rings is 1. The molecule has 3 aliphatic rings. The lowest BCUT2D eigenvalue weighted by Crippen LogP contribution is -2.37. The van der Waals surface area contributed by atoms with Gasteiger partial charge in [0.05, 0.1) is 32.2 Å². The van der Waals surface area contributed by atoms with E-state index in [0.717, 1.165) is 84.8 Å². The Kier molecular flexibility index (Phi) is 10.4. The number of hydrogen-bond acceptors (Lipinski definition) is 14. The second kappa shape index (κ2) is 15.2. The van der Waals surface area contributed by atoms with Gasteiger partial charge in [-0.25, -0.2) is 15.0 Å². The van der Waals surface area contributed by atoms with Crippen molar-refractivity contribution in [3.63, 3.8) is 0 Å². The number of fused-ring (bicyclic) bond motifs is 3. The van der Waals surface area contributed by atoms with Crippen molar-refractivity contribution in [2.45, 2.75) is 19.3 Å². The minimum absolute atomic E-state index is 0.223. The Morgan fingerprint density at radius 3 is 1.35 bits per heavy atom. The highest BCUT2D eigenvalue weighted by molar-refractivity contribution is 7.99. The molecular weight excluding hydrogens is 701 g/mol. The number of aromatic amines is 3. The van der Waals surface area contributed by atoms with Crippen LogP contribution >= 0.6 is 46.6 Å². The summed E-state index contributed by atoms with van der Waals surface area (Å²) in [5.74, 6) is 4.80. The van der Waals surface area contributed by atoms with Gasteiger partial charge in [0.15, 0.2) is 34.4 Å². The van der Waals surface area contributed by atoms with E-state index in [9.17, 15) is 0 Å². The fourth-order valence-electron chi connectivity index (χ4n) is 5.72. The molecule has 252 valence electrons. The molecular formula is C28H32Cl3N15OS. The molecule has 0 saturated carbocycles. The molecule has 0 spiro atoms. The van der Waals surface area contributed by atoms with E-state index < -0.39 is 0 Å². The van der Waals surface area contributed by atoms with E-state index in [1.807, 2.05) is 11.8 Å². The summed E-state index contributed by atoms with van der Waals surface area (Å²) in [6, 6.07) is 0. The number of thioether (sulfide) groups is 1. The van der Waals surface area contributed by atoms with Gasteiger partial charge in [-0.05, 0) is 54.1 Å². The Morgan fingerprint density at radius 1 is 0.521 bits per heavy atom. The summed E-state index contributed by atoms with van der Waals surface area (Å²) >= 11 is 19.6. The van der Waals surface area contributed by atoms with Crippen LogP contribution in [0.3, 0.4) is 0 Å². The number of halogens is 3. The van der Waals surface area contributed by atoms with Crippen molar-refractivity contribution in [3.05, 3.63) is 34.8 Å². The van der Waals surface area contributed by atoms with Crippen molar-refractivity contribution in [1.82, 2.24) is 59.8 Å². The van der Waals surface area contributed by atoms with Crippen LogP contribution in [0, 0.1) is 0 Å². The van der Waals surface area contributed by atoms with E-state index in [2.05, 4.69) is 74.5 Å². The summed E-state index contributed by atoms with van der Waals surface area (Å²) in [6.07, 6.45) is 8.55. The Morgan fingerprint density at radius 2 is 0.917 bits per heavy atom. The zero-order valence-electron chi connectivity index (χ0n) is 25.7. The molecule has 6 aromatic rings. The van der Waals surface area contributed by atoms with Crippen molar-refractivity contribution < 1.29 is 4.74 Å². The maximum atomic E-state index is 5.90. The fraction of sp³-hybridized carbons (Fsp3) is 0.464. The number of imidazole rings is 3. The maximum absolute atomic E-state index is 5.90. The topological polar surface area (TPSA) is 182 Å². The first-order valence-electron chi connectivity index (χ1n) is 15.5. The second-order valence-electron chi connectivity index (χ2n) is 11.0. The van der Waals surface area contributed by atoms with Crippen molar-refractivity contribution >= 4 is 97.5 Å². The van der Waals surface area contributed by atoms with E-state index in [0.29, 0.717) is 30.2 Å². The van der Waals surface area contributed by atoms with E-state index in [1.165, 1.54) is 19.3 Å². The molecule has 0 unspecified atom stereocenters. The molecule has 9 rings (SSSR count). The average molecular weight is 733 g/mol. The van der Waals surface area contributed by atoms with Crippen molar-refractivity contribution in [2.75, 3.05) is 78.7 Å². The monoisotopic (exact) mass is 731 g/mol. The summed E-state index contributed by atoms with van der Waals surface area (Å²) in [6.45, 7) is 7.07. The zero-order chi connectivity index (χ0) is 32.9. The molecule has 9 heterocycles. The molecule has 0 atom stereocenters. The van der Waals surface area contributed by atoms with Crippen LogP contribution in [0.25, 0.3) is 33.5 Å². The molecule has 3 saturated heterocycles. The first kappa shape index (κ1) is 32.8. The normalized spacial score (nSPS) is 16.9. The largest absolute Gasteiger partial charge is 0.378 e. The van der Waals surface area contributed by atoms with Crippen molar-refractivity contribution in [1.29, 1.82) is 0 Å². The number of nitrogens with one attached hydrogen (secondary N) is 3. The van der Waals surface area contributed by atoms with Crippen LogP contribution in [-0.2, 0) is 4.74 Å². The summed E-state index contributed by atoms with van der Waals surface area (Å²) in [4.78, 5) is 53.1. The third-order valence-corrected chi connectivity index (χ3v) is 9.44. The molecule has 3 fully saturated rings. The highest BCUT2D eigenvalue weighted by atomic mass is 35.5. The smallest absolute Gasteiger partial charge is 0.226 e. The van der Waals surface area contributed by atoms with Crippen LogP contribution in [0.1, 0.15) is 19.3 Å². The van der Waals surface area contributed by atoms with Crippen molar-refractivity contribution in [2.24, 2.45) is 0 Å². The van der Waals surface area contributed by atoms with Crippen LogP contribution in [0.4, 0.5) is 17.5 Å². The second-order valence-corrected chi connectivity index (χ2v) is 13.2. The van der Waals surface area contributed by atoms with Gasteiger partial charge in [-0.1, -0.05) is 0 Å². The molecule has 48 heavy (non-hydrogen) atoms. The fourth-order valence-corrected chi connectivity index (χ4v) is 7.10. The van der Waals surface area contributed by atoms with Gasteiger partial charge in [-0.3, -0.25) is 0 Å². The number of rotatable bonds is 3. The number of anilines is 3. The van der Waals surface area contributed by atoms with E-state index in [1.54, 1.807) is 19.0 Å². The minimum Gasteiger partial charge on any atom is -0.378 e. The van der Waals surface area contributed by atoms with Crippen LogP contribution in [0.15, 0.2) is 19.0 Å². The molecule has 3 N–H and O–H groups in total. The Balaban J connectivity index is 0.000000114. The Bertz CT molecular complexity index is 1740. The van der Waals surface area contributed by atoms with Crippen molar-refractivity contribution in [3.8, 4) is 0 Å². The lowest BCUT2D eigenvalue weighted by Gasteiger charge is -2.27. The number of ether oxygens (including phenoxy) is 1. The van der Waals surface area contributed by atoms with Gasteiger partial charge < -0.3 is 34.4 Å². The number of hydrogen-bond donors (Lipinski definition) is 3. The van der Waals surface area contributed by atoms with Gasteiger partial charge >= 0.3 is 0 Å². The third kappa shape index (κ3) is 7.44. The number of H-pyrrole nitrogens is 3. The third-order valence-electron chi connectivity index (χ3n) is 7.99. The predicted molar refractivity (Wildman–Crippen MR) is 189 cm³/mol. The maximum Gasteiger partial charge on any atom is 0.226 e. The quantitative estimate of drug-likeness (QED) is 0.218. The molecule has 0 bridgehead atoms. The Labute approximate surface area is 293 Å². The van der Waals surface area contributed by atoms with Gasteiger partial charge in [-0.15, -0.1) is 0 Å². The molecule has 16 nitrogen and oxygen atoms in total. The van der Waals surface area contributed by atoms with Gasteiger partial charge in [0.1, 0.15) is 16.6 Å². The average Bonchev–Trinajstić information content (AvgIpc) is 3.90. The zero-order valence-corrected chi connectivity index (χ0v) is 28.8. The number of aromatic nitrogens is 12. The first-order chi connectivity index (χ1) is 23.5. The summed E-state index contributed by atoms with van der Waals surface area (Å²) < 4.78 is 5.30. The van der Waals surface area contributed by atoms with E-state index in [4.69, 9.17) is 39.5 Å². The molecule has 0 aliphatic carbocycles. The summed E-state index contributed by atoms with van der Waals surface area (Å²) in [5, 5.41) is 0.745. The van der Waals surface area contributed by atoms with Crippen LogP contribution in [0.5, 0.6) is 0 Å². The van der Waals surface area contributed by atoms with Gasteiger partial charge in [0.2, 0.25) is 15.9 Å². The van der Waals surface area contributed by atoms with Gasteiger partial charge in [0.25, 0.3) is 0 Å². The number of morpholine rings is 1. The molecule has 3 aliphatic heterocycles. The molecule has 0 aromatic carbocycles. The predicted octanol–water partition coefficient (Wildman–Crippen LogP) is 4.40. The van der Waals surface area contributed by atoms with Gasteiger partial charge in [-0.2, -0.15) is 41.7 Å². The first-order valence-corrected chi connectivity index (χ1v) is 17.8. The summed E-state index contributed by atoms with van der Waals surface area (Å²) in [7, 11) is 0. The highest BCUT2D eigenvalue weighted by Crippen LogP contribution is 2.27. The lowest BCUT2D eigenvalue weighted by molar-refractivity contribution is 0.122. The van der Waals surface area contributed by atoms with E-state index in [-0.39, 0.29) is 15.9 Å². The minimum atomic E-state index is 0.223. The lowest BCUT2D eigenvalue weighted by atomic mass is 10.1. The standard InChI is InChI=1S/C10H12ClN5.C9H10ClN5O.C9H10ClN5S/c11-10-14-8-7(12-6-13-8)9(15-10)16-4-2-1-3-5-16;2*10-9-13-7-6(11-5-12-7)8(14-9)15-1-3-16-4-2-15/h6H,1-5H2,(H,12,13,14,15);2*5H,1-4H2,(H,11,12,13,14). The Hall–Kier alpha value is -3.77. The SMILES string of the molecule is Clc1nc(N2CCCCC2)c2[nH]cnc2n1.Clc1nc(N2CCOCC2)c2[nH]cnc2n1.Clc1nc(N2CCSCC2)c2[nH]cnc2n1. The molecule has 6 aromatic heterocycles. The number of nitrogens with zero attached hydrogens (tertiary/aromatic N) is 12. The van der Waals surface area contributed by atoms with Crippen LogP contribution in [0.2, 0.25) is 15.9 Å². The van der Waals surface area contributed by atoms with Crippen LogP contribution < -0.4 is 14.7 Å².